The molecule has 6 heteroatoms. The zero-order valence-electron chi connectivity index (χ0n) is 14.5. The van der Waals surface area contributed by atoms with Gasteiger partial charge in [0.05, 0.1) is 17.7 Å². The first-order valence-electron chi connectivity index (χ1n) is 8.35. The zero-order chi connectivity index (χ0) is 18.0. The van der Waals surface area contributed by atoms with Crippen molar-refractivity contribution in [3.8, 4) is 0 Å². The van der Waals surface area contributed by atoms with Crippen molar-refractivity contribution in [3.63, 3.8) is 0 Å². The average Bonchev–Trinajstić information content (AvgIpc) is 2.61. The van der Waals surface area contributed by atoms with Crippen LogP contribution in [0.3, 0.4) is 0 Å². The minimum absolute atomic E-state index is 0.0962. The van der Waals surface area contributed by atoms with E-state index in [2.05, 4.69) is 4.98 Å². The maximum absolute atomic E-state index is 13.1. The number of benzene rings is 1. The number of pyridine rings is 1. The second kappa shape index (κ2) is 6.80. The van der Waals surface area contributed by atoms with E-state index < -0.39 is 11.4 Å². The van der Waals surface area contributed by atoms with Gasteiger partial charge in [-0.3, -0.25) is 14.6 Å². The van der Waals surface area contributed by atoms with Gasteiger partial charge >= 0.3 is 5.97 Å². The summed E-state index contributed by atoms with van der Waals surface area (Å²) in [7, 11) is 1.49. The molecule has 1 atom stereocenters. The number of carbonyl (C=O) groups excluding carboxylic acids is 1. The van der Waals surface area contributed by atoms with Gasteiger partial charge in [0.2, 0.25) is 0 Å². The third kappa shape index (κ3) is 3.22. The molecule has 1 aliphatic heterocycles. The molecule has 1 N–H and O–H groups in total. The van der Waals surface area contributed by atoms with Crippen LogP contribution in [-0.4, -0.2) is 53.7 Å². The smallest absolute Gasteiger partial charge is 0.313 e. The first-order chi connectivity index (χ1) is 12.0. The number of aromatic nitrogens is 1. The molecule has 1 saturated heterocycles. The Labute approximate surface area is 146 Å². The van der Waals surface area contributed by atoms with Crippen LogP contribution in [0.15, 0.2) is 30.3 Å². The summed E-state index contributed by atoms with van der Waals surface area (Å²) in [5.74, 6) is -1.09. The number of ether oxygens (including phenoxy) is 1. The molecule has 2 aromatic rings. The molecule has 0 saturated carbocycles. The normalized spacial score (nSPS) is 20.6. The summed E-state index contributed by atoms with van der Waals surface area (Å²) in [5.41, 5.74) is 0.965. The topological polar surface area (TPSA) is 79.7 Å². The van der Waals surface area contributed by atoms with Crippen LogP contribution in [0.25, 0.3) is 10.9 Å². The summed E-state index contributed by atoms with van der Waals surface area (Å²) in [6, 6.07) is 9.35. The summed E-state index contributed by atoms with van der Waals surface area (Å²) < 4.78 is 5.13. The first-order valence-corrected chi connectivity index (χ1v) is 8.35. The number of amides is 1. The molecule has 25 heavy (non-hydrogen) atoms. The number of methoxy groups -OCH3 is 1. The van der Waals surface area contributed by atoms with Gasteiger partial charge in [-0.05, 0) is 31.9 Å². The standard InChI is InChI=1S/C19H22N2O4/c1-13-7-8-14-5-3-6-15(16(14)20-13)17(22)21-10-4-9-19(11-21,12-25-2)18(23)24/h3,5-8H,4,9-12H2,1-2H3,(H,23,24). The van der Waals surface area contributed by atoms with Crippen LogP contribution in [0, 0.1) is 12.3 Å². The molecule has 0 bridgehead atoms. The molecule has 0 radical (unpaired) electrons. The van der Waals surface area contributed by atoms with E-state index in [9.17, 15) is 14.7 Å². The zero-order valence-corrected chi connectivity index (χ0v) is 14.5. The lowest BCUT2D eigenvalue weighted by Crippen LogP contribution is -2.52. The summed E-state index contributed by atoms with van der Waals surface area (Å²) in [5, 5.41) is 10.6. The van der Waals surface area contributed by atoms with Crippen LogP contribution in [0.4, 0.5) is 0 Å². The number of rotatable bonds is 4. The summed E-state index contributed by atoms with van der Waals surface area (Å²) in [4.78, 5) is 31.0. The largest absolute Gasteiger partial charge is 0.481 e. The lowest BCUT2D eigenvalue weighted by atomic mass is 9.80. The summed E-state index contributed by atoms with van der Waals surface area (Å²) >= 11 is 0. The number of para-hydroxylation sites is 1. The average molecular weight is 342 g/mol. The lowest BCUT2D eigenvalue weighted by molar-refractivity contribution is -0.155. The first kappa shape index (κ1) is 17.4. The van der Waals surface area contributed by atoms with E-state index in [4.69, 9.17) is 4.74 Å². The molecule has 1 aliphatic rings. The molecule has 0 spiro atoms. The predicted octanol–water partition coefficient (Wildman–Crippen LogP) is 2.50. The fraction of sp³-hybridized carbons (Fsp3) is 0.421. The van der Waals surface area contributed by atoms with Crippen molar-refractivity contribution >= 4 is 22.8 Å². The minimum atomic E-state index is -1.05. The van der Waals surface area contributed by atoms with Crippen molar-refractivity contribution in [2.24, 2.45) is 5.41 Å². The maximum Gasteiger partial charge on any atom is 0.313 e. The Balaban J connectivity index is 1.96. The Hall–Kier alpha value is -2.47. The molecule has 6 nitrogen and oxygen atoms in total. The summed E-state index contributed by atoms with van der Waals surface area (Å²) in [6.45, 7) is 2.67. The highest BCUT2D eigenvalue weighted by Crippen LogP contribution is 2.32. The van der Waals surface area contributed by atoms with Crippen molar-refractivity contribution in [1.29, 1.82) is 0 Å². The van der Waals surface area contributed by atoms with E-state index in [1.807, 2.05) is 31.2 Å². The highest BCUT2D eigenvalue weighted by atomic mass is 16.5. The van der Waals surface area contributed by atoms with Gasteiger partial charge in [0.25, 0.3) is 5.91 Å². The van der Waals surface area contributed by atoms with E-state index in [1.165, 1.54) is 7.11 Å². The highest BCUT2D eigenvalue weighted by Gasteiger charge is 2.44. The molecule has 1 fully saturated rings. The molecule has 1 aromatic heterocycles. The number of carboxylic acid groups (broad SMARTS) is 1. The number of carboxylic acids is 1. The molecular weight excluding hydrogens is 320 g/mol. The predicted molar refractivity (Wildman–Crippen MR) is 93.6 cm³/mol. The van der Waals surface area contributed by atoms with Gasteiger partial charge in [-0.1, -0.05) is 18.2 Å². The number of nitrogens with zero attached hydrogens (tertiary/aromatic N) is 2. The lowest BCUT2D eigenvalue weighted by Gasteiger charge is -2.39. The quantitative estimate of drug-likeness (QED) is 0.923. The van der Waals surface area contributed by atoms with Crippen molar-refractivity contribution in [2.75, 3.05) is 26.8 Å². The number of carbonyl (C=O) groups is 2. The number of piperidine rings is 1. The van der Waals surface area contributed by atoms with Gasteiger partial charge in [0.1, 0.15) is 5.41 Å². The van der Waals surface area contributed by atoms with Crippen LogP contribution in [0.2, 0.25) is 0 Å². The van der Waals surface area contributed by atoms with Crippen molar-refractivity contribution in [2.45, 2.75) is 19.8 Å². The van der Waals surface area contributed by atoms with E-state index in [0.29, 0.717) is 30.5 Å². The number of likely N-dealkylation sites (tertiary alicyclic amines) is 1. The maximum atomic E-state index is 13.1. The molecule has 0 aliphatic carbocycles. The van der Waals surface area contributed by atoms with E-state index >= 15 is 0 Å². The van der Waals surface area contributed by atoms with Crippen molar-refractivity contribution in [1.82, 2.24) is 9.88 Å². The SMILES string of the molecule is COCC1(C(=O)O)CCCN(C(=O)c2cccc3ccc(C)nc23)C1. The van der Waals surface area contributed by atoms with E-state index in [1.54, 1.807) is 11.0 Å². The molecule has 3 rings (SSSR count). The number of hydrogen-bond donors (Lipinski definition) is 1. The number of hydrogen-bond acceptors (Lipinski definition) is 4. The van der Waals surface area contributed by atoms with Crippen LogP contribution >= 0.6 is 0 Å². The molecule has 1 amide bonds. The van der Waals surface area contributed by atoms with Gasteiger partial charge < -0.3 is 14.7 Å². The third-order valence-corrected chi connectivity index (χ3v) is 4.83. The minimum Gasteiger partial charge on any atom is -0.481 e. The van der Waals surface area contributed by atoms with Gasteiger partial charge in [-0.2, -0.15) is 0 Å². The van der Waals surface area contributed by atoms with Crippen molar-refractivity contribution < 1.29 is 19.4 Å². The Bertz CT molecular complexity index is 816. The van der Waals surface area contributed by atoms with Gasteiger partial charge in [-0.25, -0.2) is 0 Å². The van der Waals surface area contributed by atoms with Crippen LogP contribution in [0.1, 0.15) is 28.9 Å². The van der Waals surface area contributed by atoms with Crippen LogP contribution in [-0.2, 0) is 9.53 Å². The van der Waals surface area contributed by atoms with Crippen LogP contribution in [0.5, 0.6) is 0 Å². The number of aliphatic carboxylic acids is 1. The van der Waals surface area contributed by atoms with Gasteiger partial charge in [-0.15, -0.1) is 0 Å². The molecular formula is C19H22N2O4. The second-order valence-electron chi connectivity index (χ2n) is 6.68. The second-order valence-corrected chi connectivity index (χ2v) is 6.68. The molecule has 2 heterocycles. The van der Waals surface area contributed by atoms with E-state index in [0.717, 1.165) is 11.1 Å². The Morgan fingerprint density at radius 2 is 2.12 bits per heavy atom. The fourth-order valence-electron chi connectivity index (χ4n) is 3.52. The van der Waals surface area contributed by atoms with Gasteiger partial charge in [0.15, 0.2) is 0 Å². The fourth-order valence-corrected chi connectivity index (χ4v) is 3.52. The Morgan fingerprint density at radius 3 is 2.84 bits per heavy atom. The Morgan fingerprint density at radius 1 is 1.32 bits per heavy atom. The highest BCUT2D eigenvalue weighted by molar-refractivity contribution is 6.05. The van der Waals surface area contributed by atoms with Crippen molar-refractivity contribution in [3.05, 3.63) is 41.6 Å². The number of fused-ring (bicyclic) bond motifs is 1. The van der Waals surface area contributed by atoms with Gasteiger partial charge in [0, 0.05) is 31.3 Å². The molecule has 1 aromatic carbocycles. The summed E-state index contributed by atoms with van der Waals surface area (Å²) in [6.07, 6.45) is 1.14. The molecule has 1 unspecified atom stereocenters. The molecule has 132 valence electrons. The van der Waals surface area contributed by atoms with Crippen LogP contribution < -0.4 is 0 Å². The Kier molecular flexibility index (Phi) is 4.72. The van der Waals surface area contributed by atoms with E-state index in [-0.39, 0.29) is 19.1 Å². The monoisotopic (exact) mass is 342 g/mol. The third-order valence-electron chi connectivity index (χ3n) is 4.83. The number of aryl methyl sites for hydroxylation is 1.